The molecule has 0 aliphatic carbocycles. The lowest BCUT2D eigenvalue weighted by Gasteiger charge is -2.23. The van der Waals surface area contributed by atoms with Crippen molar-refractivity contribution in [3.63, 3.8) is 0 Å². The third-order valence-corrected chi connectivity index (χ3v) is 3.81. The number of benzene rings is 2. The van der Waals surface area contributed by atoms with Crippen LogP contribution in [-0.4, -0.2) is 36.5 Å². The van der Waals surface area contributed by atoms with E-state index in [4.69, 9.17) is 9.47 Å². The van der Waals surface area contributed by atoms with Crippen LogP contribution in [0.3, 0.4) is 0 Å². The standard InChI is InChI=1S/C21H25NO4/c1-3-25-19-13-9-8-12-18(19)21(24)22(15-14-20(23)26-4-2)16-17-10-6-5-7-11-17/h5-13H,3-4,14-16H2,1-2H3. The molecule has 0 saturated carbocycles. The van der Waals surface area contributed by atoms with E-state index >= 15 is 0 Å². The average Bonchev–Trinajstić information content (AvgIpc) is 2.66. The highest BCUT2D eigenvalue weighted by atomic mass is 16.5. The van der Waals surface area contributed by atoms with Crippen LogP contribution in [0, 0.1) is 0 Å². The minimum Gasteiger partial charge on any atom is -0.493 e. The van der Waals surface area contributed by atoms with Gasteiger partial charge in [0.25, 0.3) is 5.91 Å². The Morgan fingerprint density at radius 1 is 0.923 bits per heavy atom. The van der Waals surface area contributed by atoms with Crippen molar-refractivity contribution in [1.82, 2.24) is 4.90 Å². The fraction of sp³-hybridized carbons (Fsp3) is 0.333. The molecule has 0 spiro atoms. The number of amides is 1. The highest BCUT2D eigenvalue weighted by molar-refractivity contribution is 5.97. The van der Waals surface area contributed by atoms with Crippen molar-refractivity contribution >= 4 is 11.9 Å². The molecule has 5 heteroatoms. The summed E-state index contributed by atoms with van der Waals surface area (Å²) in [4.78, 5) is 26.5. The van der Waals surface area contributed by atoms with Crippen molar-refractivity contribution in [3.05, 3.63) is 65.7 Å². The molecule has 2 aromatic rings. The molecule has 5 nitrogen and oxygen atoms in total. The zero-order valence-electron chi connectivity index (χ0n) is 15.3. The van der Waals surface area contributed by atoms with Crippen molar-refractivity contribution in [2.45, 2.75) is 26.8 Å². The van der Waals surface area contributed by atoms with Crippen molar-refractivity contribution in [1.29, 1.82) is 0 Å². The summed E-state index contributed by atoms with van der Waals surface area (Å²) in [6.45, 7) is 5.16. The average molecular weight is 355 g/mol. The Morgan fingerprint density at radius 2 is 1.62 bits per heavy atom. The maximum atomic E-state index is 13.1. The Balaban J connectivity index is 2.21. The Kier molecular flexibility index (Phi) is 7.68. The van der Waals surface area contributed by atoms with Crippen molar-refractivity contribution in [2.24, 2.45) is 0 Å². The molecule has 0 atom stereocenters. The van der Waals surface area contributed by atoms with Crippen LogP contribution in [0.2, 0.25) is 0 Å². The molecule has 0 aromatic heterocycles. The molecule has 0 unspecified atom stereocenters. The van der Waals surface area contributed by atoms with Crippen LogP contribution in [0.4, 0.5) is 0 Å². The lowest BCUT2D eigenvalue weighted by atomic mass is 10.1. The highest BCUT2D eigenvalue weighted by Crippen LogP contribution is 2.21. The minimum atomic E-state index is -0.309. The minimum absolute atomic E-state index is 0.156. The molecule has 1 amide bonds. The van der Waals surface area contributed by atoms with E-state index in [1.165, 1.54) is 0 Å². The third kappa shape index (κ3) is 5.62. The molecule has 26 heavy (non-hydrogen) atoms. The lowest BCUT2D eigenvalue weighted by molar-refractivity contribution is -0.143. The molecule has 2 rings (SSSR count). The van der Waals surface area contributed by atoms with Gasteiger partial charge < -0.3 is 14.4 Å². The monoisotopic (exact) mass is 355 g/mol. The van der Waals surface area contributed by atoms with Gasteiger partial charge in [-0.2, -0.15) is 0 Å². The van der Waals surface area contributed by atoms with Crippen molar-refractivity contribution in [3.8, 4) is 5.75 Å². The Labute approximate surface area is 154 Å². The summed E-state index contributed by atoms with van der Waals surface area (Å²) in [5.74, 6) is 0.0767. The molecule has 0 saturated heterocycles. The highest BCUT2D eigenvalue weighted by Gasteiger charge is 2.21. The smallest absolute Gasteiger partial charge is 0.307 e. The summed E-state index contributed by atoms with van der Waals surface area (Å²) in [6, 6.07) is 16.9. The predicted molar refractivity (Wildman–Crippen MR) is 100 cm³/mol. The second-order valence-corrected chi connectivity index (χ2v) is 5.70. The number of esters is 1. The summed E-state index contributed by atoms with van der Waals surface area (Å²) < 4.78 is 10.6. The summed E-state index contributed by atoms with van der Waals surface area (Å²) in [6.07, 6.45) is 0.156. The second-order valence-electron chi connectivity index (χ2n) is 5.70. The molecule has 2 aromatic carbocycles. The van der Waals surface area contributed by atoms with Crippen LogP contribution >= 0.6 is 0 Å². The zero-order chi connectivity index (χ0) is 18.8. The molecule has 0 heterocycles. The molecule has 0 aliphatic heterocycles. The molecular formula is C21H25NO4. The van der Waals surface area contributed by atoms with Crippen LogP contribution in [-0.2, 0) is 16.1 Å². The van der Waals surface area contributed by atoms with Crippen molar-refractivity contribution < 1.29 is 19.1 Å². The predicted octanol–water partition coefficient (Wildman–Crippen LogP) is 3.68. The number of carbonyl (C=O) groups excluding carboxylic acids is 2. The normalized spacial score (nSPS) is 10.2. The van der Waals surface area contributed by atoms with E-state index in [2.05, 4.69) is 0 Å². The van der Waals surface area contributed by atoms with Crippen molar-refractivity contribution in [2.75, 3.05) is 19.8 Å². The number of ether oxygens (including phenoxy) is 2. The SMILES string of the molecule is CCOC(=O)CCN(Cc1ccccc1)C(=O)c1ccccc1OCC. The number of hydrogen-bond donors (Lipinski definition) is 0. The fourth-order valence-corrected chi connectivity index (χ4v) is 2.61. The Hall–Kier alpha value is -2.82. The van der Waals surface area contributed by atoms with E-state index in [1.807, 2.05) is 49.4 Å². The number of rotatable bonds is 9. The first-order chi connectivity index (χ1) is 12.7. The summed E-state index contributed by atoms with van der Waals surface area (Å²) in [7, 11) is 0. The van der Waals surface area contributed by atoms with E-state index in [1.54, 1.807) is 24.0 Å². The van der Waals surface area contributed by atoms with Crippen LogP contribution in [0.5, 0.6) is 5.75 Å². The van der Waals surface area contributed by atoms with Gasteiger partial charge in [0.1, 0.15) is 5.75 Å². The van der Waals surface area contributed by atoms with Crippen LogP contribution in [0.25, 0.3) is 0 Å². The Morgan fingerprint density at radius 3 is 2.31 bits per heavy atom. The van der Waals surface area contributed by atoms with Gasteiger partial charge in [0.2, 0.25) is 0 Å². The first-order valence-corrected chi connectivity index (χ1v) is 8.86. The van der Waals surface area contributed by atoms with E-state index in [0.29, 0.717) is 31.1 Å². The van der Waals surface area contributed by atoms with E-state index in [-0.39, 0.29) is 24.8 Å². The summed E-state index contributed by atoms with van der Waals surface area (Å²) in [5, 5.41) is 0. The van der Waals surface area contributed by atoms with Crippen LogP contribution in [0.15, 0.2) is 54.6 Å². The number of hydrogen-bond acceptors (Lipinski definition) is 4. The molecule has 0 fully saturated rings. The topological polar surface area (TPSA) is 55.8 Å². The van der Waals surface area contributed by atoms with Gasteiger partial charge in [0.05, 0.1) is 25.2 Å². The van der Waals surface area contributed by atoms with Gasteiger partial charge in [0.15, 0.2) is 0 Å². The fourth-order valence-electron chi connectivity index (χ4n) is 2.61. The van der Waals surface area contributed by atoms with Gasteiger partial charge in [-0.3, -0.25) is 9.59 Å². The number of carbonyl (C=O) groups is 2. The van der Waals surface area contributed by atoms with E-state index in [0.717, 1.165) is 5.56 Å². The van der Waals surface area contributed by atoms with Crippen LogP contribution in [0.1, 0.15) is 36.2 Å². The van der Waals surface area contributed by atoms with Gasteiger partial charge >= 0.3 is 5.97 Å². The largest absolute Gasteiger partial charge is 0.493 e. The van der Waals surface area contributed by atoms with E-state index in [9.17, 15) is 9.59 Å². The van der Waals surface area contributed by atoms with Crippen LogP contribution < -0.4 is 4.74 Å². The molecule has 0 aliphatic rings. The third-order valence-electron chi connectivity index (χ3n) is 3.81. The van der Waals surface area contributed by atoms with Gasteiger partial charge in [-0.15, -0.1) is 0 Å². The molecule has 0 bridgehead atoms. The van der Waals surface area contributed by atoms with Gasteiger partial charge in [-0.05, 0) is 31.5 Å². The lowest BCUT2D eigenvalue weighted by Crippen LogP contribution is -2.33. The second kappa shape index (κ2) is 10.2. The summed E-state index contributed by atoms with van der Waals surface area (Å²) in [5.41, 5.74) is 1.49. The molecular weight excluding hydrogens is 330 g/mol. The van der Waals surface area contributed by atoms with Gasteiger partial charge in [-0.25, -0.2) is 0 Å². The maximum absolute atomic E-state index is 13.1. The van der Waals surface area contributed by atoms with Gasteiger partial charge in [-0.1, -0.05) is 42.5 Å². The Bertz CT molecular complexity index is 715. The first kappa shape index (κ1) is 19.5. The summed E-state index contributed by atoms with van der Waals surface area (Å²) >= 11 is 0. The van der Waals surface area contributed by atoms with Gasteiger partial charge in [0, 0.05) is 13.1 Å². The maximum Gasteiger partial charge on any atom is 0.307 e. The number of nitrogens with zero attached hydrogens (tertiary/aromatic N) is 1. The molecule has 0 N–H and O–H groups in total. The number of para-hydroxylation sites is 1. The quantitative estimate of drug-likeness (QED) is 0.644. The zero-order valence-corrected chi connectivity index (χ0v) is 15.3. The molecule has 138 valence electrons. The first-order valence-electron chi connectivity index (χ1n) is 8.86. The van der Waals surface area contributed by atoms with E-state index < -0.39 is 0 Å². The molecule has 0 radical (unpaired) electrons.